The van der Waals surface area contributed by atoms with Gasteiger partial charge in [-0.1, -0.05) is 11.8 Å². The minimum Gasteiger partial charge on any atom is -0.379 e. The van der Waals surface area contributed by atoms with Crippen molar-refractivity contribution in [2.45, 2.75) is 30.8 Å². The van der Waals surface area contributed by atoms with E-state index < -0.39 is 0 Å². The molecule has 3 rings (SSSR count). The van der Waals surface area contributed by atoms with Gasteiger partial charge in [0.1, 0.15) is 0 Å². The Balaban J connectivity index is 1.77. The molecule has 1 N–H and O–H groups in total. The summed E-state index contributed by atoms with van der Waals surface area (Å²) in [4.78, 5) is 8.79. The Morgan fingerprint density at radius 1 is 1.38 bits per heavy atom. The van der Waals surface area contributed by atoms with Crippen molar-refractivity contribution < 1.29 is 0 Å². The first-order chi connectivity index (χ1) is 10.2. The van der Waals surface area contributed by atoms with Crippen LogP contribution in [0.1, 0.15) is 25.6 Å². The van der Waals surface area contributed by atoms with E-state index in [2.05, 4.69) is 58.2 Å². The molecule has 0 radical (unpaired) electrons. The lowest BCUT2D eigenvalue weighted by Crippen LogP contribution is -2.08. The van der Waals surface area contributed by atoms with E-state index >= 15 is 0 Å². The van der Waals surface area contributed by atoms with Gasteiger partial charge in [0.25, 0.3) is 0 Å². The summed E-state index contributed by atoms with van der Waals surface area (Å²) in [5.74, 6) is 0. The van der Waals surface area contributed by atoms with Crippen LogP contribution in [0.25, 0.3) is 10.2 Å². The Labute approximate surface area is 132 Å². The molecule has 4 nitrogen and oxygen atoms in total. The zero-order valence-corrected chi connectivity index (χ0v) is 14.0. The molecular formula is C15H18N4S2. The zero-order valence-electron chi connectivity index (χ0n) is 12.3. The second kappa shape index (κ2) is 6.07. The van der Waals surface area contributed by atoms with Gasteiger partial charge in [-0.2, -0.15) is 0 Å². The molecule has 2 aromatic heterocycles. The molecular weight excluding hydrogens is 300 g/mol. The maximum absolute atomic E-state index is 4.56. The van der Waals surface area contributed by atoms with Crippen molar-refractivity contribution in [3.05, 3.63) is 36.4 Å². The van der Waals surface area contributed by atoms with E-state index in [4.69, 9.17) is 0 Å². The molecule has 0 bridgehead atoms. The number of imidazole rings is 1. The summed E-state index contributed by atoms with van der Waals surface area (Å²) in [6, 6.07) is 6.76. The Kier molecular flexibility index (Phi) is 4.17. The number of rotatable bonds is 5. The summed E-state index contributed by atoms with van der Waals surface area (Å²) in [5.41, 5.74) is 3.39. The van der Waals surface area contributed by atoms with Gasteiger partial charge in [-0.25, -0.2) is 9.97 Å². The number of fused-ring (bicyclic) bond motifs is 1. The average Bonchev–Trinajstić information content (AvgIpc) is 3.10. The molecule has 0 atom stereocenters. The highest BCUT2D eigenvalue weighted by Crippen LogP contribution is 2.30. The molecule has 0 saturated heterocycles. The Morgan fingerprint density at radius 3 is 3.00 bits per heavy atom. The Hall–Kier alpha value is -1.53. The van der Waals surface area contributed by atoms with Crippen LogP contribution in [-0.2, 0) is 6.54 Å². The third kappa shape index (κ3) is 3.06. The molecule has 0 aliphatic heterocycles. The number of benzene rings is 1. The number of hydrogen-bond acceptors (Lipinski definition) is 5. The molecule has 21 heavy (non-hydrogen) atoms. The second-order valence-electron chi connectivity index (χ2n) is 5.11. The van der Waals surface area contributed by atoms with Gasteiger partial charge in [0.2, 0.25) is 0 Å². The highest BCUT2D eigenvalue weighted by atomic mass is 32.2. The van der Waals surface area contributed by atoms with E-state index in [0.717, 1.165) is 22.1 Å². The van der Waals surface area contributed by atoms with E-state index in [9.17, 15) is 0 Å². The van der Waals surface area contributed by atoms with E-state index in [0.29, 0.717) is 6.04 Å². The lowest BCUT2D eigenvalue weighted by atomic mass is 10.3. The summed E-state index contributed by atoms with van der Waals surface area (Å²) in [7, 11) is 0. The lowest BCUT2D eigenvalue weighted by molar-refractivity contribution is 0.577. The molecule has 0 saturated carbocycles. The van der Waals surface area contributed by atoms with E-state index in [1.165, 1.54) is 10.4 Å². The van der Waals surface area contributed by atoms with Crippen molar-refractivity contribution in [3.63, 3.8) is 0 Å². The smallest absolute Gasteiger partial charge is 0.150 e. The number of aromatic nitrogens is 3. The van der Waals surface area contributed by atoms with Gasteiger partial charge in [0, 0.05) is 17.9 Å². The normalized spacial score (nSPS) is 11.4. The van der Waals surface area contributed by atoms with Crippen molar-refractivity contribution in [1.82, 2.24) is 14.5 Å². The largest absolute Gasteiger partial charge is 0.379 e. The molecule has 0 amide bonds. The van der Waals surface area contributed by atoms with Gasteiger partial charge in [-0.15, -0.1) is 11.3 Å². The van der Waals surface area contributed by atoms with Crippen molar-refractivity contribution >= 4 is 39.0 Å². The van der Waals surface area contributed by atoms with Gasteiger partial charge < -0.3 is 9.88 Å². The van der Waals surface area contributed by atoms with Crippen LogP contribution in [0.2, 0.25) is 0 Å². The van der Waals surface area contributed by atoms with Gasteiger partial charge >= 0.3 is 0 Å². The van der Waals surface area contributed by atoms with Crippen LogP contribution in [0, 0.1) is 0 Å². The molecule has 6 heteroatoms. The summed E-state index contributed by atoms with van der Waals surface area (Å²) >= 11 is 3.43. The van der Waals surface area contributed by atoms with E-state index in [1.807, 2.05) is 12.5 Å². The number of anilines is 1. The Bertz CT molecular complexity index is 745. The first-order valence-corrected chi connectivity index (χ1v) is 8.90. The van der Waals surface area contributed by atoms with E-state index in [-0.39, 0.29) is 0 Å². The number of hydrogen-bond donors (Lipinski definition) is 1. The summed E-state index contributed by atoms with van der Waals surface area (Å²) in [6.07, 6.45) is 5.87. The van der Waals surface area contributed by atoms with Crippen LogP contribution < -0.4 is 5.32 Å². The van der Waals surface area contributed by atoms with Gasteiger partial charge in [0.15, 0.2) is 4.34 Å². The fourth-order valence-electron chi connectivity index (χ4n) is 2.23. The third-order valence-corrected chi connectivity index (χ3v) is 5.32. The molecule has 0 aliphatic carbocycles. The van der Waals surface area contributed by atoms with Crippen LogP contribution in [0.4, 0.5) is 5.69 Å². The summed E-state index contributed by atoms with van der Waals surface area (Å²) in [5, 5.41) is 3.47. The molecule has 0 fully saturated rings. The standard InChI is InChI=1S/C15H18N4S2/c1-10(2)19-9-16-7-12(19)8-17-11-4-5-13-14(6-11)21-15(18-13)20-3/h4-7,9-10,17H,8H2,1-3H3. The fourth-order valence-corrected chi connectivity index (χ4v) is 3.76. The maximum atomic E-state index is 4.56. The molecule has 2 heterocycles. The molecule has 0 unspecified atom stereocenters. The Morgan fingerprint density at radius 2 is 2.24 bits per heavy atom. The molecule has 3 aromatic rings. The number of nitrogens with one attached hydrogen (secondary N) is 1. The molecule has 0 aliphatic rings. The van der Waals surface area contributed by atoms with Gasteiger partial charge in [-0.3, -0.25) is 0 Å². The first-order valence-electron chi connectivity index (χ1n) is 6.86. The lowest BCUT2D eigenvalue weighted by Gasteiger charge is -2.12. The number of thioether (sulfide) groups is 1. The SMILES string of the molecule is CSc1nc2ccc(NCc3cncn3C(C)C)cc2s1. The van der Waals surface area contributed by atoms with Crippen molar-refractivity contribution in [3.8, 4) is 0 Å². The topological polar surface area (TPSA) is 42.7 Å². The van der Waals surface area contributed by atoms with Crippen LogP contribution in [0.3, 0.4) is 0 Å². The van der Waals surface area contributed by atoms with Crippen molar-refractivity contribution in [2.24, 2.45) is 0 Å². The summed E-state index contributed by atoms with van der Waals surface area (Å²) < 4.78 is 4.52. The monoisotopic (exact) mass is 318 g/mol. The second-order valence-corrected chi connectivity index (χ2v) is 7.19. The first kappa shape index (κ1) is 14.4. The van der Waals surface area contributed by atoms with Crippen LogP contribution in [0.15, 0.2) is 35.1 Å². The van der Waals surface area contributed by atoms with Crippen molar-refractivity contribution in [1.29, 1.82) is 0 Å². The predicted octanol–water partition coefficient (Wildman–Crippen LogP) is 4.41. The van der Waals surface area contributed by atoms with Crippen LogP contribution >= 0.6 is 23.1 Å². The van der Waals surface area contributed by atoms with E-state index in [1.54, 1.807) is 23.1 Å². The molecule has 110 valence electrons. The van der Waals surface area contributed by atoms with Crippen LogP contribution in [-0.4, -0.2) is 20.8 Å². The molecule has 1 aromatic carbocycles. The molecule has 0 spiro atoms. The highest BCUT2D eigenvalue weighted by molar-refractivity contribution is 8.00. The number of thiazole rings is 1. The summed E-state index contributed by atoms with van der Waals surface area (Å²) in [6.45, 7) is 5.11. The van der Waals surface area contributed by atoms with Gasteiger partial charge in [0.05, 0.1) is 28.8 Å². The van der Waals surface area contributed by atoms with Crippen molar-refractivity contribution in [2.75, 3.05) is 11.6 Å². The number of nitrogens with zero attached hydrogens (tertiary/aromatic N) is 3. The minimum absolute atomic E-state index is 0.428. The minimum atomic E-state index is 0.428. The highest BCUT2D eigenvalue weighted by Gasteiger charge is 2.06. The predicted molar refractivity (Wildman–Crippen MR) is 91.3 cm³/mol. The fraction of sp³-hybridized carbons (Fsp3) is 0.333. The quantitative estimate of drug-likeness (QED) is 0.708. The van der Waals surface area contributed by atoms with Gasteiger partial charge in [-0.05, 0) is 38.3 Å². The average molecular weight is 318 g/mol. The third-order valence-electron chi connectivity index (χ3n) is 3.32. The maximum Gasteiger partial charge on any atom is 0.150 e. The van der Waals surface area contributed by atoms with Crippen LogP contribution in [0.5, 0.6) is 0 Å². The zero-order chi connectivity index (χ0) is 14.8.